The zero-order valence-electron chi connectivity index (χ0n) is 17.0. The monoisotopic (exact) mass is 532 g/mol. The zero-order valence-corrected chi connectivity index (χ0v) is 20.1. The van der Waals surface area contributed by atoms with E-state index in [0.29, 0.717) is 12.5 Å². The van der Waals surface area contributed by atoms with Crippen LogP contribution in [0.25, 0.3) is 0 Å². The van der Waals surface area contributed by atoms with Crippen molar-refractivity contribution in [1.29, 1.82) is 0 Å². The molecule has 7 nitrogen and oxygen atoms in total. The number of hydrogen-bond acceptors (Lipinski definition) is 4. The molecule has 0 aromatic heterocycles. The van der Waals surface area contributed by atoms with Gasteiger partial charge in [-0.3, -0.25) is 4.99 Å². The highest BCUT2D eigenvalue weighted by molar-refractivity contribution is 14.0. The molecule has 2 aromatic rings. The average Bonchev–Trinajstić information content (AvgIpc) is 2.71. The Morgan fingerprint density at radius 1 is 1.07 bits per heavy atom. The molecular formula is C20H29IN4O3S. The lowest BCUT2D eigenvalue weighted by Gasteiger charge is -2.22. The summed E-state index contributed by atoms with van der Waals surface area (Å²) in [4.78, 5) is 6.16. The number of benzene rings is 2. The predicted molar refractivity (Wildman–Crippen MR) is 128 cm³/mol. The second-order valence-electron chi connectivity index (χ2n) is 6.30. The number of nitrogens with one attached hydrogen (secondary N) is 2. The first-order valence-corrected chi connectivity index (χ1v) is 10.6. The van der Waals surface area contributed by atoms with E-state index in [9.17, 15) is 8.42 Å². The molecule has 0 amide bonds. The van der Waals surface area contributed by atoms with E-state index in [0.717, 1.165) is 16.9 Å². The normalized spacial score (nSPS) is 11.5. The minimum absolute atomic E-state index is 0. The van der Waals surface area contributed by atoms with Gasteiger partial charge in [-0.1, -0.05) is 42.5 Å². The molecule has 0 aliphatic heterocycles. The molecule has 0 saturated heterocycles. The molecule has 2 N–H and O–H groups in total. The first-order valence-electron chi connectivity index (χ1n) is 8.99. The Morgan fingerprint density at radius 2 is 1.72 bits per heavy atom. The van der Waals surface area contributed by atoms with Crippen LogP contribution in [0.1, 0.15) is 11.1 Å². The summed E-state index contributed by atoms with van der Waals surface area (Å²) in [5.74, 6) is 1.41. The lowest BCUT2D eigenvalue weighted by molar-refractivity contribution is 0.414. The Morgan fingerprint density at radius 3 is 2.31 bits per heavy atom. The minimum Gasteiger partial charge on any atom is -0.497 e. The molecule has 29 heavy (non-hydrogen) atoms. The van der Waals surface area contributed by atoms with Crippen molar-refractivity contribution in [2.45, 2.75) is 13.1 Å². The largest absolute Gasteiger partial charge is 0.497 e. The van der Waals surface area contributed by atoms with Gasteiger partial charge in [-0.25, -0.2) is 13.1 Å². The van der Waals surface area contributed by atoms with Crippen LogP contribution in [0.3, 0.4) is 0 Å². The zero-order chi connectivity index (χ0) is 20.4. The molecule has 0 atom stereocenters. The van der Waals surface area contributed by atoms with Crippen molar-refractivity contribution in [2.75, 3.05) is 33.5 Å². The van der Waals surface area contributed by atoms with E-state index in [4.69, 9.17) is 4.74 Å². The van der Waals surface area contributed by atoms with Crippen LogP contribution in [0.5, 0.6) is 5.75 Å². The average molecular weight is 532 g/mol. The summed E-state index contributed by atoms with van der Waals surface area (Å²) in [6, 6.07) is 17.2. The fraction of sp³-hybridized carbons (Fsp3) is 0.350. The number of sulfonamides is 1. The van der Waals surface area contributed by atoms with Crippen molar-refractivity contribution in [3.8, 4) is 5.75 Å². The number of halogens is 1. The van der Waals surface area contributed by atoms with E-state index in [2.05, 4.69) is 15.0 Å². The third-order valence-corrected chi connectivity index (χ3v) is 5.47. The summed E-state index contributed by atoms with van der Waals surface area (Å²) in [6.07, 6.45) is 0. The van der Waals surface area contributed by atoms with Gasteiger partial charge in [-0.2, -0.15) is 0 Å². The summed E-state index contributed by atoms with van der Waals surface area (Å²) >= 11 is 0. The first-order chi connectivity index (χ1) is 13.4. The standard InChI is InChI=1S/C20H28N4O3S.HI/c1-21-20(24(2)16-18-9-11-19(27-3)12-10-18)22-13-14-28(25,26)23-15-17-7-5-4-6-8-17;/h4-12,23H,13-16H2,1-3H3,(H,21,22);1H. The number of nitrogens with zero attached hydrogens (tertiary/aromatic N) is 2. The highest BCUT2D eigenvalue weighted by atomic mass is 127. The molecule has 0 spiro atoms. The molecule has 0 radical (unpaired) electrons. The number of aliphatic imine (C=N–C) groups is 1. The van der Waals surface area contributed by atoms with E-state index in [1.807, 2.05) is 66.5 Å². The summed E-state index contributed by atoms with van der Waals surface area (Å²) in [6.45, 7) is 1.20. The third-order valence-electron chi connectivity index (χ3n) is 4.15. The topological polar surface area (TPSA) is 83.0 Å². The number of guanidine groups is 1. The minimum atomic E-state index is -3.38. The molecule has 0 unspecified atom stereocenters. The van der Waals surface area contributed by atoms with Crippen molar-refractivity contribution in [3.05, 3.63) is 65.7 Å². The maximum Gasteiger partial charge on any atom is 0.213 e. The Hall–Kier alpha value is -1.85. The van der Waals surface area contributed by atoms with Crippen molar-refractivity contribution < 1.29 is 13.2 Å². The molecule has 0 aliphatic carbocycles. The van der Waals surface area contributed by atoms with Crippen LogP contribution in [0.2, 0.25) is 0 Å². The van der Waals surface area contributed by atoms with E-state index < -0.39 is 10.0 Å². The van der Waals surface area contributed by atoms with Crippen molar-refractivity contribution in [1.82, 2.24) is 14.9 Å². The Bertz CT molecular complexity index is 859. The van der Waals surface area contributed by atoms with Crippen LogP contribution in [0.4, 0.5) is 0 Å². The third kappa shape index (κ3) is 9.01. The fourth-order valence-electron chi connectivity index (χ4n) is 2.62. The van der Waals surface area contributed by atoms with Crippen LogP contribution >= 0.6 is 24.0 Å². The molecule has 9 heteroatoms. The Kier molecular flexibility index (Phi) is 11.0. The van der Waals surface area contributed by atoms with Gasteiger partial charge in [0.1, 0.15) is 5.75 Å². The number of methoxy groups -OCH3 is 1. The Balaban J connectivity index is 0.00000420. The van der Waals surface area contributed by atoms with Gasteiger partial charge in [0.25, 0.3) is 0 Å². The second-order valence-corrected chi connectivity index (χ2v) is 8.23. The van der Waals surface area contributed by atoms with Gasteiger partial charge in [0.15, 0.2) is 5.96 Å². The summed E-state index contributed by atoms with van der Waals surface area (Å²) in [5, 5.41) is 3.10. The lowest BCUT2D eigenvalue weighted by Crippen LogP contribution is -2.41. The second kappa shape index (κ2) is 12.7. The predicted octanol–water partition coefficient (Wildman–Crippen LogP) is 2.44. The number of ether oxygens (including phenoxy) is 1. The van der Waals surface area contributed by atoms with Gasteiger partial charge in [-0.05, 0) is 23.3 Å². The summed E-state index contributed by atoms with van der Waals surface area (Å²) < 4.78 is 32.1. The van der Waals surface area contributed by atoms with Gasteiger partial charge >= 0.3 is 0 Å². The quantitative estimate of drug-likeness (QED) is 0.295. The summed E-state index contributed by atoms with van der Waals surface area (Å²) in [5.41, 5.74) is 2.03. The van der Waals surface area contributed by atoms with Crippen molar-refractivity contribution >= 4 is 40.0 Å². The van der Waals surface area contributed by atoms with Gasteiger partial charge in [0.2, 0.25) is 10.0 Å². The van der Waals surface area contributed by atoms with Crippen LogP contribution in [-0.2, 0) is 23.1 Å². The van der Waals surface area contributed by atoms with Gasteiger partial charge in [-0.15, -0.1) is 24.0 Å². The van der Waals surface area contributed by atoms with E-state index in [-0.39, 0.29) is 42.8 Å². The molecule has 0 saturated carbocycles. The van der Waals surface area contributed by atoms with Crippen LogP contribution < -0.4 is 14.8 Å². The highest BCUT2D eigenvalue weighted by Crippen LogP contribution is 2.12. The number of hydrogen-bond donors (Lipinski definition) is 2. The molecule has 0 bridgehead atoms. The smallest absolute Gasteiger partial charge is 0.213 e. The van der Waals surface area contributed by atoms with Crippen LogP contribution in [-0.4, -0.2) is 52.8 Å². The number of rotatable bonds is 9. The lowest BCUT2D eigenvalue weighted by atomic mass is 10.2. The molecule has 0 heterocycles. The van der Waals surface area contributed by atoms with Gasteiger partial charge in [0.05, 0.1) is 12.9 Å². The first kappa shape index (κ1) is 25.2. The van der Waals surface area contributed by atoms with Crippen LogP contribution in [0.15, 0.2) is 59.6 Å². The van der Waals surface area contributed by atoms with Crippen LogP contribution in [0, 0.1) is 0 Å². The maximum atomic E-state index is 12.2. The van der Waals surface area contributed by atoms with E-state index in [1.165, 1.54) is 0 Å². The SMILES string of the molecule is CN=C(NCCS(=O)(=O)NCc1ccccc1)N(C)Cc1ccc(OC)cc1.I. The molecule has 2 aromatic carbocycles. The van der Waals surface area contributed by atoms with E-state index in [1.54, 1.807) is 14.2 Å². The van der Waals surface area contributed by atoms with E-state index >= 15 is 0 Å². The molecule has 160 valence electrons. The molecular weight excluding hydrogens is 503 g/mol. The van der Waals surface area contributed by atoms with Gasteiger partial charge in [0, 0.05) is 33.7 Å². The molecule has 2 rings (SSSR count). The summed E-state index contributed by atoms with van der Waals surface area (Å²) in [7, 11) is 1.84. The highest BCUT2D eigenvalue weighted by Gasteiger charge is 2.12. The maximum absolute atomic E-state index is 12.2. The molecule has 0 aliphatic rings. The van der Waals surface area contributed by atoms with Crippen molar-refractivity contribution in [3.63, 3.8) is 0 Å². The fourth-order valence-corrected chi connectivity index (χ4v) is 3.52. The van der Waals surface area contributed by atoms with Gasteiger partial charge < -0.3 is 15.0 Å². The Labute approximate surface area is 190 Å². The van der Waals surface area contributed by atoms with Crippen molar-refractivity contribution in [2.24, 2.45) is 4.99 Å². The molecule has 0 fully saturated rings.